The van der Waals surface area contributed by atoms with Crippen LogP contribution >= 0.6 is 0 Å². The summed E-state index contributed by atoms with van der Waals surface area (Å²) in [7, 11) is 0. The van der Waals surface area contributed by atoms with E-state index in [1.165, 1.54) is 32.1 Å². The minimum atomic E-state index is -0.611. The average Bonchev–Trinajstić information content (AvgIpc) is 2.27. The van der Waals surface area contributed by atoms with Crippen molar-refractivity contribution in [3.05, 3.63) is 0 Å². The zero-order valence-electron chi connectivity index (χ0n) is 11.8. The summed E-state index contributed by atoms with van der Waals surface area (Å²) in [5.74, 6) is 0. The van der Waals surface area contributed by atoms with E-state index in [1.807, 2.05) is 13.8 Å². The van der Waals surface area contributed by atoms with Crippen LogP contribution < -0.4 is 5.73 Å². The maximum Gasteiger partial charge on any atom is 0.0718 e. The summed E-state index contributed by atoms with van der Waals surface area (Å²) in [6.07, 6.45) is 6.51. The summed E-state index contributed by atoms with van der Waals surface area (Å²) in [6, 6.07) is 0. The second-order valence-corrected chi connectivity index (χ2v) is 6.38. The fraction of sp³-hybridized carbons (Fsp3) is 1.00. The minimum Gasteiger partial charge on any atom is -0.389 e. The Morgan fingerprint density at radius 2 is 1.82 bits per heavy atom. The smallest absolute Gasteiger partial charge is 0.0718 e. The molecular formula is C14H30N2O. The molecule has 1 aliphatic rings. The Morgan fingerprint density at radius 3 is 2.24 bits per heavy atom. The molecule has 1 rings (SSSR count). The molecule has 0 aromatic rings. The SMILES string of the molecule is CCN(CC(C)(C)O)CC1(CN)CCCCC1. The van der Waals surface area contributed by atoms with E-state index >= 15 is 0 Å². The van der Waals surface area contributed by atoms with Gasteiger partial charge in [0.2, 0.25) is 0 Å². The molecule has 0 heterocycles. The monoisotopic (exact) mass is 242 g/mol. The van der Waals surface area contributed by atoms with Crippen LogP contribution in [0.3, 0.4) is 0 Å². The Bertz CT molecular complexity index is 217. The number of nitrogens with two attached hydrogens (primary N) is 1. The Morgan fingerprint density at radius 1 is 1.24 bits per heavy atom. The van der Waals surface area contributed by atoms with Crippen LogP contribution in [0.2, 0.25) is 0 Å². The lowest BCUT2D eigenvalue weighted by Gasteiger charge is -2.41. The highest BCUT2D eigenvalue weighted by Crippen LogP contribution is 2.36. The normalized spacial score (nSPS) is 20.8. The molecule has 3 N–H and O–H groups in total. The highest BCUT2D eigenvalue weighted by molar-refractivity contribution is 4.87. The van der Waals surface area contributed by atoms with Gasteiger partial charge in [0.05, 0.1) is 5.60 Å². The van der Waals surface area contributed by atoms with Gasteiger partial charge >= 0.3 is 0 Å². The minimum absolute atomic E-state index is 0.305. The van der Waals surface area contributed by atoms with E-state index in [2.05, 4.69) is 11.8 Å². The van der Waals surface area contributed by atoms with E-state index in [1.54, 1.807) is 0 Å². The van der Waals surface area contributed by atoms with Crippen LogP contribution in [0, 0.1) is 5.41 Å². The first-order valence-corrected chi connectivity index (χ1v) is 7.06. The van der Waals surface area contributed by atoms with Crippen molar-refractivity contribution >= 4 is 0 Å². The summed E-state index contributed by atoms with van der Waals surface area (Å²) >= 11 is 0. The molecule has 0 bridgehead atoms. The van der Waals surface area contributed by atoms with E-state index in [0.29, 0.717) is 5.41 Å². The molecular weight excluding hydrogens is 212 g/mol. The van der Waals surface area contributed by atoms with Crippen LogP contribution in [0.5, 0.6) is 0 Å². The van der Waals surface area contributed by atoms with E-state index in [0.717, 1.165) is 26.2 Å². The molecule has 0 saturated heterocycles. The van der Waals surface area contributed by atoms with Crippen LogP contribution in [0.1, 0.15) is 52.9 Å². The molecule has 1 fully saturated rings. The van der Waals surface area contributed by atoms with Crippen molar-refractivity contribution in [2.24, 2.45) is 11.1 Å². The first-order chi connectivity index (χ1) is 7.91. The highest BCUT2D eigenvalue weighted by atomic mass is 16.3. The maximum absolute atomic E-state index is 9.93. The fourth-order valence-electron chi connectivity index (χ4n) is 3.03. The topological polar surface area (TPSA) is 49.5 Å². The number of hydrogen-bond acceptors (Lipinski definition) is 3. The highest BCUT2D eigenvalue weighted by Gasteiger charge is 2.33. The van der Waals surface area contributed by atoms with Crippen LogP contribution in [0.25, 0.3) is 0 Å². The quantitative estimate of drug-likeness (QED) is 0.749. The molecule has 1 saturated carbocycles. The van der Waals surface area contributed by atoms with Crippen LogP contribution in [-0.4, -0.2) is 41.8 Å². The lowest BCUT2D eigenvalue weighted by Crippen LogP contribution is -2.48. The lowest BCUT2D eigenvalue weighted by atomic mass is 9.73. The first-order valence-electron chi connectivity index (χ1n) is 7.06. The second kappa shape index (κ2) is 6.17. The molecule has 3 nitrogen and oxygen atoms in total. The van der Waals surface area contributed by atoms with Crippen molar-refractivity contribution in [3.8, 4) is 0 Å². The van der Waals surface area contributed by atoms with Gasteiger partial charge in [-0.15, -0.1) is 0 Å². The van der Waals surface area contributed by atoms with Gasteiger partial charge < -0.3 is 15.7 Å². The predicted molar refractivity (Wildman–Crippen MR) is 73.0 cm³/mol. The van der Waals surface area contributed by atoms with E-state index in [9.17, 15) is 5.11 Å². The number of likely N-dealkylation sites (N-methyl/N-ethyl adjacent to an activating group) is 1. The average molecular weight is 242 g/mol. The Balaban J connectivity index is 2.58. The Hall–Kier alpha value is -0.120. The molecule has 102 valence electrons. The number of rotatable bonds is 6. The van der Waals surface area contributed by atoms with Crippen LogP contribution in [0.15, 0.2) is 0 Å². The van der Waals surface area contributed by atoms with Crippen LogP contribution in [-0.2, 0) is 0 Å². The fourth-order valence-corrected chi connectivity index (χ4v) is 3.03. The zero-order chi connectivity index (χ0) is 12.9. The molecule has 0 spiro atoms. The summed E-state index contributed by atoms with van der Waals surface area (Å²) in [5, 5.41) is 9.93. The molecule has 17 heavy (non-hydrogen) atoms. The van der Waals surface area contributed by atoms with Crippen molar-refractivity contribution < 1.29 is 5.11 Å². The molecule has 0 atom stereocenters. The molecule has 3 heteroatoms. The largest absolute Gasteiger partial charge is 0.389 e. The van der Waals surface area contributed by atoms with Gasteiger partial charge in [0.25, 0.3) is 0 Å². The summed E-state index contributed by atoms with van der Waals surface area (Å²) in [5.41, 5.74) is 5.71. The number of aliphatic hydroxyl groups is 1. The van der Waals surface area contributed by atoms with Crippen molar-refractivity contribution in [2.45, 2.75) is 58.5 Å². The maximum atomic E-state index is 9.93. The third-order valence-corrected chi connectivity index (χ3v) is 3.96. The lowest BCUT2D eigenvalue weighted by molar-refractivity contribution is 0.0162. The van der Waals surface area contributed by atoms with Crippen molar-refractivity contribution in [1.29, 1.82) is 0 Å². The molecule has 0 aromatic heterocycles. The molecule has 0 radical (unpaired) electrons. The molecule has 1 aliphatic carbocycles. The third-order valence-electron chi connectivity index (χ3n) is 3.96. The molecule has 0 amide bonds. The Labute approximate surface area is 106 Å². The van der Waals surface area contributed by atoms with Crippen molar-refractivity contribution in [2.75, 3.05) is 26.2 Å². The van der Waals surface area contributed by atoms with E-state index in [4.69, 9.17) is 5.73 Å². The third kappa shape index (κ3) is 4.94. The summed E-state index contributed by atoms with van der Waals surface area (Å²) < 4.78 is 0. The van der Waals surface area contributed by atoms with Gasteiger partial charge in [0.1, 0.15) is 0 Å². The number of nitrogens with zero attached hydrogens (tertiary/aromatic N) is 1. The van der Waals surface area contributed by atoms with Crippen molar-refractivity contribution in [1.82, 2.24) is 4.90 Å². The molecule has 0 aromatic carbocycles. The summed E-state index contributed by atoms with van der Waals surface area (Å²) in [4.78, 5) is 2.36. The first kappa shape index (κ1) is 14.9. The van der Waals surface area contributed by atoms with Gasteiger partial charge in [-0.2, -0.15) is 0 Å². The van der Waals surface area contributed by atoms with E-state index < -0.39 is 5.60 Å². The molecule has 0 aliphatic heterocycles. The zero-order valence-corrected chi connectivity index (χ0v) is 11.8. The second-order valence-electron chi connectivity index (χ2n) is 6.38. The standard InChI is InChI=1S/C14H30N2O/c1-4-16(11-13(2,3)17)12-14(10-15)8-6-5-7-9-14/h17H,4-12,15H2,1-3H3. The van der Waals surface area contributed by atoms with Gasteiger partial charge in [-0.25, -0.2) is 0 Å². The Kier molecular flexibility index (Phi) is 5.42. The van der Waals surface area contributed by atoms with E-state index in [-0.39, 0.29) is 0 Å². The van der Waals surface area contributed by atoms with Gasteiger partial charge in [-0.05, 0) is 45.2 Å². The molecule has 0 unspecified atom stereocenters. The predicted octanol–water partition coefficient (Wildman–Crippen LogP) is 1.99. The summed E-state index contributed by atoms with van der Waals surface area (Å²) in [6.45, 7) is 9.49. The van der Waals surface area contributed by atoms with Gasteiger partial charge in [-0.1, -0.05) is 26.2 Å². The number of hydrogen-bond donors (Lipinski definition) is 2. The van der Waals surface area contributed by atoms with Gasteiger partial charge in [0, 0.05) is 13.1 Å². The van der Waals surface area contributed by atoms with Crippen molar-refractivity contribution in [3.63, 3.8) is 0 Å². The van der Waals surface area contributed by atoms with Crippen LogP contribution in [0.4, 0.5) is 0 Å². The van der Waals surface area contributed by atoms with Gasteiger partial charge in [0.15, 0.2) is 0 Å². The van der Waals surface area contributed by atoms with Gasteiger partial charge in [-0.3, -0.25) is 0 Å².